The average molecular weight is 507 g/mol. The maximum absolute atomic E-state index is 12.9. The van der Waals surface area contributed by atoms with E-state index in [0.717, 1.165) is 51.9 Å². The summed E-state index contributed by atoms with van der Waals surface area (Å²) in [5.74, 6) is 0.0100. The molecule has 6 heteroatoms. The number of aromatic amines is 1. The van der Waals surface area contributed by atoms with Gasteiger partial charge in [0, 0.05) is 62.6 Å². The summed E-state index contributed by atoms with van der Waals surface area (Å²) in [6, 6.07) is 26.3. The minimum absolute atomic E-state index is 0.0100. The molecule has 0 aliphatic rings. The van der Waals surface area contributed by atoms with Crippen LogP contribution in [0.15, 0.2) is 85.1 Å². The summed E-state index contributed by atoms with van der Waals surface area (Å²) in [7, 11) is 0. The van der Waals surface area contributed by atoms with Crippen LogP contribution in [0.4, 0.5) is 5.69 Å². The molecule has 0 aliphatic heterocycles. The number of fused-ring (bicyclic) bond motifs is 4. The van der Waals surface area contributed by atoms with Crippen molar-refractivity contribution < 1.29 is 4.79 Å². The molecule has 6 aromatic rings. The van der Waals surface area contributed by atoms with Crippen LogP contribution in [0, 0.1) is 0 Å². The summed E-state index contributed by atoms with van der Waals surface area (Å²) in [6.45, 7) is 3.05. The second-order valence-corrected chi connectivity index (χ2v) is 9.71. The molecule has 0 saturated heterocycles. The van der Waals surface area contributed by atoms with Crippen molar-refractivity contribution in [1.29, 1.82) is 0 Å². The zero-order chi connectivity index (χ0) is 25.4. The predicted molar refractivity (Wildman–Crippen MR) is 153 cm³/mol. The molecule has 3 heterocycles. The number of hydrogen-bond donors (Lipinski definition) is 2. The number of H-pyrrole nitrogens is 1. The molecule has 0 spiro atoms. The average Bonchev–Trinajstić information content (AvgIpc) is 3.44. The first kappa shape index (κ1) is 23.3. The Bertz CT molecular complexity index is 1750. The number of para-hydroxylation sites is 1. The quantitative estimate of drug-likeness (QED) is 0.230. The van der Waals surface area contributed by atoms with E-state index in [2.05, 4.69) is 63.2 Å². The Hall–Kier alpha value is -4.09. The van der Waals surface area contributed by atoms with Gasteiger partial charge in [-0.3, -0.25) is 9.78 Å². The normalized spacial score (nSPS) is 11.5. The number of carbonyl (C=O) groups is 1. The summed E-state index contributed by atoms with van der Waals surface area (Å²) in [4.78, 5) is 21.0. The van der Waals surface area contributed by atoms with Gasteiger partial charge < -0.3 is 14.9 Å². The van der Waals surface area contributed by atoms with Gasteiger partial charge in [0.2, 0.25) is 5.91 Å². The van der Waals surface area contributed by atoms with E-state index in [1.807, 2.05) is 42.5 Å². The predicted octanol–water partition coefficient (Wildman–Crippen LogP) is 7.97. The molecule has 0 bridgehead atoms. The second kappa shape index (κ2) is 9.75. The van der Waals surface area contributed by atoms with Gasteiger partial charge in [-0.15, -0.1) is 0 Å². The number of nitrogens with zero attached hydrogens (tertiary/aromatic N) is 2. The zero-order valence-corrected chi connectivity index (χ0v) is 21.3. The van der Waals surface area contributed by atoms with Crippen molar-refractivity contribution in [2.75, 3.05) is 5.32 Å². The second-order valence-electron chi connectivity index (χ2n) is 9.28. The number of carbonyl (C=O) groups excluding carboxylic acids is 1. The molecule has 0 atom stereocenters. The molecule has 0 radical (unpaired) electrons. The Kier molecular flexibility index (Phi) is 6.15. The Morgan fingerprint density at radius 1 is 0.946 bits per heavy atom. The molecule has 6 rings (SSSR count). The van der Waals surface area contributed by atoms with Crippen molar-refractivity contribution in [3.63, 3.8) is 0 Å². The Balaban J connectivity index is 1.21. The van der Waals surface area contributed by atoms with E-state index in [1.165, 1.54) is 16.4 Å². The smallest absolute Gasteiger partial charge is 0.224 e. The number of amides is 1. The summed E-state index contributed by atoms with van der Waals surface area (Å²) >= 11 is 6.31. The molecule has 3 aromatic heterocycles. The monoisotopic (exact) mass is 506 g/mol. The molecule has 0 saturated carbocycles. The third-order valence-electron chi connectivity index (χ3n) is 6.99. The lowest BCUT2D eigenvalue weighted by Gasteiger charge is -2.08. The molecule has 3 aromatic carbocycles. The number of nitrogens with one attached hydrogen (secondary N) is 2. The van der Waals surface area contributed by atoms with E-state index in [0.29, 0.717) is 17.9 Å². The maximum atomic E-state index is 12.9. The SMILES string of the molecule is CCn1c2ccccc2c2cc(NC(=O)CCCc3c(-c4ccccn4)[nH]c4ccc(Cl)cc34)ccc21. The van der Waals surface area contributed by atoms with Crippen molar-refractivity contribution >= 4 is 55.9 Å². The number of aryl methyl sites for hydroxylation is 2. The van der Waals surface area contributed by atoms with Crippen LogP contribution in [0.2, 0.25) is 5.02 Å². The lowest BCUT2D eigenvalue weighted by atomic mass is 10.0. The van der Waals surface area contributed by atoms with Gasteiger partial charge in [0.15, 0.2) is 0 Å². The van der Waals surface area contributed by atoms with Crippen molar-refractivity contribution in [3.8, 4) is 11.4 Å². The van der Waals surface area contributed by atoms with E-state index >= 15 is 0 Å². The Morgan fingerprint density at radius 3 is 2.62 bits per heavy atom. The molecule has 5 nitrogen and oxygen atoms in total. The number of anilines is 1. The largest absolute Gasteiger partial charge is 0.353 e. The maximum Gasteiger partial charge on any atom is 0.224 e. The molecule has 0 fully saturated rings. The number of halogens is 1. The van der Waals surface area contributed by atoms with Crippen molar-refractivity contribution in [3.05, 3.63) is 95.6 Å². The van der Waals surface area contributed by atoms with E-state index < -0.39 is 0 Å². The van der Waals surface area contributed by atoms with Gasteiger partial charge in [-0.1, -0.05) is 35.9 Å². The highest BCUT2D eigenvalue weighted by Crippen LogP contribution is 2.33. The van der Waals surface area contributed by atoms with Crippen LogP contribution < -0.4 is 5.32 Å². The number of rotatable bonds is 7. The number of benzene rings is 3. The fraction of sp³-hybridized carbons (Fsp3) is 0.161. The van der Waals surface area contributed by atoms with Gasteiger partial charge in [-0.25, -0.2) is 0 Å². The van der Waals surface area contributed by atoms with Gasteiger partial charge in [-0.2, -0.15) is 0 Å². The fourth-order valence-corrected chi connectivity index (χ4v) is 5.50. The van der Waals surface area contributed by atoms with E-state index in [1.54, 1.807) is 6.20 Å². The molecular formula is C31H27ClN4O. The highest BCUT2D eigenvalue weighted by Gasteiger charge is 2.16. The lowest BCUT2D eigenvalue weighted by molar-refractivity contribution is -0.116. The van der Waals surface area contributed by atoms with Gasteiger partial charge in [0.1, 0.15) is 0 Å². The van der Waals surface area contributed by atoms with Crippen molar-refractivity contribution in [1.82, 2.24) is 14.5 Å². The standard InChI is InChI=1S/C31H27ClN4O/c1-2-36-28-11-4-3-8-22(28)25-19-21(14-16-29(25)36)34-30(37)12-7-9-23-24-18-20(32)13-15-26(24)35-31(23)27-10-5-6-17-33-27/h3-6,8,10-11,13-19,35H,2,7,9,12H2,1H3,(H,34,37). The van der Waals surface area contributed by atoms with Gasteiger partial charge in [0.25, 0.3) is 0 Å². The van der Waals surface area contributed by atoms with Crippen LogP contribution in [0.3, 0.4) is 0 Å². The molecule has 0 aliphatic carbocycles. The third kappa shape index (κ3) is 4.36. The van der Waals surface area contributed by atoms with Crippen LogP contribution in [0.25, 0.3) is 44.1 Å². The summed E-state index contributed by atoms with van der Waals surface area (Å²) in [6.07, 6.45) is 3.66. The van der Waals surface area contributed by atoms with Crippen LogP contribution in [-0.4, -0.2) is 20.4 Å². The molecule has 2 N–H and O–H groups in total. The molecule has 37 heavy (non-hydrogen) atoms. The Labute approximate surface area is 220 Å². The van der Waals surface area contributed by atoms with Gasteiger partial charge >= 0.3 is 0 Å². The zero-order valence-electron chi connectivity index (χ0n) is 20.6. The van der Waals surface area contributed by atoms with Crippen LogP contribution in [-0.2, 0) is 17.8 Å². The van der Waals surface area contributed by atoms with Gasteiger partial charge in [-0.05, 0) is 79.9 Å². The Morgan fingerprint density at radius 2 is 1.78 bits per heavy atom. The van der Waals surface area contributed by atoms with Crippen LogP contribution in [0.5, 0.6) is 0 Å². The first-order chi connectivity index (χ1) is 18.1. The van der Waals surface area contributed by atoms with E-state index in [4.69, 9.17) is 11.6 Å². The summed E-state index contributed by atoms with van der Waals surface area (Å²) in [5, 5.41) is 7.24. The molecule has 184 valence electrons. The minimum Gasteiger partial charge on any atom is -0.353 e. The van der Waals surface area contributed by atoms with Crippen LogP contribution in [0.1, 0.15) is 25.3 Å². The van der Waals surface area contributed by atoms with Gasteiger partial charge in [0.05, 0.1) is 11.4 Å². The topological polar surface area (TPSA) is 62.7 Å². The fourth-order valence-electron chi connectivity index (χ4n) is 5.33. The first-order valence-electron chi connectivity index (χ1n) is 12.6. The van der Waals surface area contributed by atoms with Crippen LogP contribution >= 0.6 is 11.6 Å². The highest BCUT2D eigenvalue weighted by atomic mass is 35.5. The minimum atomic E-state index is 0.0100. The molecular weight excluding hydrogens is 480 g/mol. The van der Waals surface area contributed by atoms with E-state index in [9.17, 15) is 4.79 Å². The molecule has 1 amide bonds. The molecule has 0 unspecified atom stereocenters. The summed E-state index contributed by atoms with van der Waals surface area (Å²) < 4.78 is 2.31. The van der Waals surface area contributed by atoms with Crippen molar-refractivity contribution in [2.24, 2.45) is 0 Å². The lowest BCUT2D eigenvalue weighted by Crippen LogP contribution is -2.11. The number of hydrogen-bond acceptors (Lipinski definition) is 2. The van der Waals surface area contributed by atoms with Crippen molar-refractivity contribution in [2.45, 2.75) is 32.7 Å². The third-order valence-corrected chi connectivity index (χ3v) is 7.23. The number of pyridine rings is 1. The highest BCUT2D eigenvalue weighted by molar-refractivity contribution is 6.31. The van der Waals surface area contributed by atoms with E-state index in [-0.39, 0.29) is 5.91 Å². The number of aromatic nitrogens is 3. The summed E-state index contributed by atoms with van der Waals surface area (Å²) in [5.41, 5.74) is 7.24. The first-order valence-corrected chi connectivity index (χ1v) is 13.0.